The van der Waals surface area contributed by atoms with Crippen LogP contribution >= 0.6 is 0 Å². The summed E-state index contributed by atoms with van der Waals surface area (Å²) in [4.78, 5) is 2.73. The van der Waals surface area contributed by atoms with Gasteiger partial charge in [0.05, 0.1) is 0 Å². The highest BCUT2D eigenvalue weighted by Gasteiger charge is 2.61. The average molecular weight is 209 g/mol. The lowest BCUT2D eigenvalue weighted by Crippen LogP contribution is -2.75. The molecule has 0 N–H and O–H groups in total. The number of likely N-dealkylation sites (tertiary alicyclic amines) is 1. The third kappa shape index (κ3) is 1.63. The predicted molar refractivity (Wildman–Crippen MR) is 66.0 cm³/mol. The minimum Gasteiger partial charge on any atom is -0.294 e. The van der Waals surface area contributed by atoms with Gasteiger partial charge in [-0.1, -0.05) is 27.2 Å². The molecule has 1 atom stereocenters. The lowest BCUT2D eigenvalue weighted by Gasteiger charge is -2.70. The zero-order valence-electron chi connectivity index (χ0n) is 11.4. The first-order valence-electron chi connectivity index (χ1n) is 6.44. The van der Waals surface area contributed by atoms with Gasteiger partial charge in [-0.2, -0.15) is 0 Å². The number of rotatable bonds is 0. The molecule has 1 unspecified atom stereocenters. The summed E-state index contributed by atoms with van der Waals surface area (Å²) in [5, 5.41) is 0. The van der Waals surface area contributed by atoms with Crippen molar-refractivity contribution in [3.05, 3.63) is 0 Å². The molecule has 15 heavy (non-hydrogen) atoms. The molecule has 0 aromatic carbocycles. The van der Waals surface area contributed by atoms with E-state index in [0.29, 0.717) is 16.4 Å². The van der Waals surface area contributed by atoms with Crippen molar-refractivity contribution < 1.29 is 0 Å². The molecule has 1 spiro atoms. The molecule has 1 saturated carbocycles. The molecule has 2 fully saturated rings. The highest BCUT2D eigenvalue weighted by atomic mass is 15.3. The molecule has 1 aliphatic heterocycles. The maximum Gasteiger partial charge on any atom is 0.0218 e. The van der Waals surface area contributed by atoms with E-state index < -0.39 is 0 Å². The third-order valence-electron chi connectivity index (χ3n) is 4.41. The van der Waals surface area contributed by atoms with Crippen molar-refractivity contribution in [2.24, 2.45) is 10.8 Å². The summed E-state index contributed by atoms with van der Waals surface area (Å²) in [5.74, 6) is 0. The Kier molecular flexibility index (Phi) is 2.29. The van der Waals surface area contributed by atoms with Crippen LogP contribution in [0.3, 0.4) is 0 Å². The van der Waals surface area contributed by atoms with Crippen LogP contribution in [-0.4, -0.2) is 23.0 Å². The molecule has 1 heterocycles. The van der Waals surface area contributed by atoms with Crippen molar-refractivity contribution in [1.29, 1.82) is 0 Å². The van der Waals surface area contributed by atoms with Gasteiger partial charge >= 0.3 is 0 Å². The molecule has 0 aromatic heterocycles. The van der Waals surface area contributed by atoms with Crippen LogP contribution in [0, 0.1) is 10.8 Å². The van der Waals surface area contributed by atoms with E-state index in [1.807, 2.05) is 0 Å². The molecule has 0 amide bonds. The molecule has 0 bridgehead atoms. The fraction of sp³-hybridized carbons (Fsp3) is 1.00. The lowest BCUT2D eigenvalue weighted by atomic mass is 9.51. The van der Waals surface area contributed by atoms with Gasteiger partial charge in [-0.25, -0.2) is 0 Å². The zero-order chi connectivity index (χ0) is 11.5. The van der Waals surface area contributed by atoms with E-state index >= 15 is 0 Å². The molecular weight excluding hydrogens is 182 g/mol. The third-order valence-corrected chi connectivity index (χ3v) is 4.41. The Morgan fingerprint density at radius 2 is 1.53 bits per heavy atom. The topological polar surface area (TPSA) is 3.24 Å². The second-order valence-corrected chi connectivity index (χ2v) is 7.78. The summed E-state index contributed by atoms with van der Waals surface area (Å²) in [7, 11) is 0. The van der Waals surface area contributed by atoms with E-state index in [9.17, 15) is 0 Å². The number of hydrogen-bond donors (Lipinski definition) is 0. The Balaban J connectivity index is 2.19. The quantitative estimate of drug-likeness (QED) is 0.588. The summed E-state index contributed by atoms with van der Waals surface area (Å²) in [6, 6.07) is 0.804. The molecule has 1 nitrogen and oxygen atoms in total. The largest absolute Gasteiger partial charge is 0.294 e. The first kappa shape index (κ1) is 11.4. The maximum atomic E-state index is 2.73. The molecule has 1 heteroatoms. The van der Waals surface area contributed by atoms with Gasteiger partial charge in [-0.15, -0.1) is 0 Å². The number of hydrogen-bond acceptors (Lipinski definition) is 1. The summed E-state index contributed by atoms with van der Waals surface area (Å²) in [5.41, 5.74) is 1.48. The molecule has 1 aliphatic carbocycles. The Morgan fingerprint density at radius 3 is 1.80 bits per heavy atom. The summed E-state index contributed by atoms with van der Waals surface area (Å²) in [6.45, 7) is 15.7. The van der Waals surface area contributed by atoms with Crippen LogP contribution in [-0.2, 0) is 0 Å². The Hall–Kier alpha value is -0.0400. The lowest BCUT2D eigenvalue weighted by molar-refractivity contribution is -0.201. The van der Waals surface area contributed by atoms with Crippen LogP contribution in [0.15, 0.2) is 0 Å². The fourth-order valence-corrected chi connectivity index (χ4v) is 3.81. The van der Waals surface area contributed by atoms with Gasteiger partial charge in [0.25, 0.3) is 0 Å². The van der Waals surface area contributed by atoms with Gasteiger partial charge in [0.15, 0.2) is 0 Å². The SMILES string of the molecule is CC(C)(C)C1N(C(C)(C)C)CC12CCC2. The van der Waals surface area contributed by atoms with E-state index in [2.05, 4.69) is 46.4 Å². The normalized spacial score (nSPS) is 31.2. The molecule has 88 valence electrons. The Labute approximate surface area is 95.2 Å². The summed E-state index contributed by atoms with van der Waals surface area (Å²) < 4.78 is 0. The number of nitrogens with zero attached hydrogens (tertiary/aromatic N) is 1. The van der Waals surface area contributed by atoms with Crippen molar-refractivity contribution in [3.63, 3.8) is 0 Å². The minimum atomic E-state index is 0.346. The van der Waals surface area contributed by atoms with Crippen LogP contribution in [0.4, 0.5) is 0 Å². The van der Waals surface area contributed by atoms with Gasteiger partial charge in [-0.3, -0.25) is 4.90 Å². The average Bonchev–Trinajstić information content (AvgIpc) is 1.70. The van der Waals surface area contributed by atoms with Crippen LogP contribution in [0.5, 0.6) is 0 Å². The van der Waals surface area contributed by atoms with Crippen LogP contribution < -0.4 is 0 Å². The van der Waals surface area contributed by atoms with E-state index in [1.54, 1.807) is 0 Å². The highest BCUT2D eigenvalue weighted by molar-refractivity contribution is 5.14. The monoisotopic (exact) mass is 209 g/mol. The first-order chi connectivity index (χ1) is 6.67. The molecule has 1 saturated heterocycles. The highest BCUT2D eigenvalue weighted by Crippen LogP contribution is 2.59. The smallest absolute Gasteiger partial charge is 0.0218 e. The Morgan fingerprint density at radius 1 is 1.00 bits per heavy atom. The van der Waals surface area contributed by atoms with Crippen LogP contribution in [0.1, 0.15) is 60.8 Å². The van der Waals surface area contributed by atoms with Gasteiger partial charge in [-0.05, 0) is 44.4 Å². The van der Waals surface area contributed by atoms with Gasteiger partial charge in [0, 0.05) is 18.1 Å². The molecule has 2 aliphatic rings. The standard InChI is InChI=1S/C14H27N/c1-12(2,3)11-14(8-7-9-14)10-15(11)13(4,5)6/h11H,7-10H2,1-6H3. The van der Waals surface area contributed by atoms with E-state index in [-0.39, 0.29) is 0 Å². The maximum absolute atomic E-state index is 2.73. The molecule has 2 rings (SSSR count). The van der Waals surface area contributed by atoms with Crippen molar-refractivity contribution >= 4 is 0 Å². The first-order valence-corrected chi connectivity index (χ1v) is 6.44. The van der Waals surface area contributed by atoms with Crippen molar-refractivity contribution in [1.82, 2.24) is 4.90 Å². The fourth-order valence-electron chi connectivity index (χ4n) is 3.81. The Bertz CT molecular complexity index is 249. The second kappa shape index (κ2) is 3.00. The van der Waals surface area contributed by atoms with Crippen molar-refractivity contribution in [2.45, 2.75) is 72.4 Å². The van der Waals surface area contributed by atoms with Crippen molar-refractivity contribution in [2.75, 3.05) is 6.54 Å². The van der Waals surface area contributed by atoms with Crippen LogP contribution in [0.25, 0.3) is 0 Å². The zero-order valence-corrected chi connectivity index (χ0v) is 11.4. The predicted octanol–water partition coefficient (Wildman–Crippen LogP) is 3.69. The van der Waals surface area contributed by atoms with Crippen LogP contribution in [0.2, 0.25) is 0 Å². The van der Waals surface area contributed by atoms with E-state index in [4.69, 9.17) is 0 Å². The molecule has 0 aromatic rings. The van der Waals surface area contributed by atoms with Gasteiger partial charge in [0.1, 0.15) is 0 Å². The van der Waals surface area contributed by atoms with Gasteiger partial charge in [0.2, 0.25) is 0 Å². The summed E-state index contributed by atoms with van der Waals surface area (Å²) >= 11 is 0. The van der Waals surface area contributed by atoms with Gasteiger partial charge < -0.3 is 0 Å². The summed E-state index contributed by atoms with van der Waals surface area (Å²) in [6.07, 6.45) is 4.41. The van der Waals surface area contributed by atoms with Crippen molar-refractivity contribution in [3.8, 4) is 0 Å². The van der Waals surface area contributed by atoms with E-state index in [0.717, 1.165) is 6.04 Å². The van der Waals surface area contributed by atoms with E-state index in [1.165, 1.54) is 25.8 Å². The second-order valence-electron chi connectivity index (χ2n) is 7.78. The minimum absolute atomic E-state index is 0.346. The molecular formula is C14H27N. The molecule has 0 radical (unpaired) electrons.